The van der Waals surface area contributed by atoms with Gasteiger partial charge < -0.3 is 13.9 Å². The van der Waals surface area contributed by atoms with Crippen molar-refractivity contribution >= 4 is 22.4 Å². The molecule has 0 bridgehead atoms. The average Bonchev–Trinajstić information content (AvgIpc) is 2.69. The van der Waals surface area contributed by atoms with Crippen LogP contribution in [-0.4, -0.2) is 28.2 Å². The van der Waals surface area contributed by atoms with E-state index >= 15 is 0 Å². The maximum atomic E-state index is 6.56. The van der Waals surface area contributed by atoms with Crippen molar-refractivity contribution in [2.75, 3.05) is 13.2 Å². The Balaban J connectivity index is 3.46. The summed E-state index contributed by atoms with van der Waals surface area (Å²) in [5, 5.41) is 0.456. The molecule has 5 heteroatoms. The molecule has 2 radical (unpaired) electrons. The van der Waals surface area contributed by atoms with Gasteiger partial charge in [-0.3, -0.25) is 0 Å². The van der Waals surface area contributed by atoms with E-state index in [1.807, 2.05) is 0 Å². The van der Waals surface area contributed by atoms with Crippen LogP contribution in [0.4, 0.5) is 0 Å². The van der Waals surface area contributed by atoms with Crippen molar-refractivity contribution in [3.8, 4) is 17.2 Å². The highest BCUT2D eigenvalue weighted by atomic mass is 32.1. The molecule has 1 aromatic carbocycles. The van der Waals surface area contributed by atoms with E-state index in [2.05, 4.69) is 68.4 Å². The van der Waals surface area contributed by atoms with Gasteiger partial charge in [-0.25, -0.2) is 0 Å². The summed E-state index contributed by atoms with van der Waals surface area (Å²) in [6.07, 6.45) is 7.71. The van der Waals surface area contributed by atoms with Crippen LogP contribution in [0.5, 0.6) is 17.2 Å². The van der Waals surface area contributed by atoms with Crippen LogP contribution in [0.2, 0.25) is 6.04 Å². The molecule has 0 aromatic heterocycles. The molecule has 1 rings (SSSR count). The summed E-state index contributed by atoms with van der Waals surface area (Å²) >= 11 is 4.72. The lowest BCUT2D eigenvalue weighted by molar-refractivity contribution is 0.272. The second kappa shape index (κ2) is 14.6. The SMILES string of the molecule is CCCCOc1cc(O[Si]CCC(S)CCC)c(C(C)(C)C)c(OCCCC)c1C(C)(C)C. The molecule has 33 heavy (non-hydrogen) atoms. The van der Waals surface area contributed by atoms with Crippen molar-refractivity contribution in [1.82, 2.24) is 0 Å². The Morgan fingerprint density at radius 2 is 1.33 bits per heavy atom. The number of hydrogen-bond donors (Lipinski definition) is 1. The van der Waals surface area contributed by atoms with E-state index in [4.69, 9.17) is 26.5 Å². The van der Waals surface area contributed by atoms with E-state index in [9.17, 15) is 0 Å². The predicted molar refractivity (Wildman–Crippen MR) is 148 cm³/mol. The van der Waals surface area contributed by atoms with Gasteiger partial charge in [0.05, 0.1) is 13.2 Å². The van der Waals surface area contributed by atoms with Gasteiger partial charge in [-0.1, -0.05) is 81.6 Å². The number of benzene rings is 1. The van der Waals surface area contributed by atoms with Crippen molar-refractivity contribution in [3.63, 3.8) is 0 Å². The van der Waals surface area contributed by atoms with Crippen LogP contribution in [0.15, 0.2) is 6.07 Å². The van der Waals surface area contributed by atoms with Gasteiger partial charge in [0, 0.05) is 22.4 Å². The Morgan fingerprint density at radius 3 is 1.85 bits per heavy atom. The minimum atomic E-state index is -0.113. The normalized spacial score (nSPS) is 13.2. The van der Waals surface area contributed by atoms with Gasteiger partial charge >= 0.3 is 9.76 Å². The van der Waals surface area contributed by atoms with E-state index in [1.54, 1.807) is 0 Å². The summed E-state index contributed by atoms with van der Waals surface area (Å²) in [7, 11) is 0.403. The monoisotopic (exact) mass is 494 g/mol. The molecular formula is C28H50O3SSi. The van der Waals surface area contributed by atoms with E-state index < -0.39 is 0 Å². The quantitative estimate of drug-likeness (QED) is 0.150. The van der Waals surface area contributed by atoms with Crippen molar-refractivity contribution in [2.45, 2.75) is 129 Å². The number of unbranched alkanes of at least 4 members (excludes halogenated alkanes) is 2. The highest BCUT2D eigenvalue weighted by Crippen LogP contribution is 2.49. The molecule has 3 nitrogen and oxygen atoms in total. The molecule has 0 heterocycles. The molecule has 0 aliphatic heterocycles. The van der Waals surface area contributed by atoms with Gasteiger partial charge in [-0.15, -0.1) is 0 Å². The molecular weight excluding hydrogens is 444 g/mol. The Kier molecular flexibility index (Phi) is 13.3. The van der Waals surface area contributed by atoms with E-state index in [0.717, 1.165) is 72.9 Å². The fraction of sp³-hybridized carbons (Fsp3) is 0.786. The topological polar surface area (TPSA) is 27.7 Å². The third-order valence-corrected chi connectivity index (χ3v) is 6.97. The summed E-state index contributed by atoms with van der Waals surface area (Å²) in [6, 6.07) is 3.16. The molecule has 190 valence electrons. The molecule has 0 aliphatic rings. The van der Waals surface area contributed by atoms with Crippen molar-refractivity contribution < 1.29 is 13.9 Å². The lowest BCUT2D eigenvalue weighted by atomic mass is 9.78. The molecule has 0 saturated carbocycles. The van der Waals surface area contributed by atoms with Crippen LogP contribution in [-0.2, 0) is 10.8 Å². The number of rotatable bonds is 15. The third-order valence-electron chi connectivity index (χ3n) is 5.59. The van der Waals surface area contributed by atoms with E-state index in [-0.39, 0.29) is 10.8 Å². The third kappa shape index (κ3) is 10.1. The van der Waals surface area contributed by atoms with Gasteiger partial charge in [0.15, 0.2) is 0 Å². The lowest BCUT2D eigenvalue weighted by Crippen LogP contribution is -2.23. The molecule has 0 saturated heterocycles. The smallest absolute Gasteiger partial charge is 0.310 e. The van der Waals surface area contributed by atoms with Gasteiger partial charge in [0.2, 0.25) is 0 Å². The molecule has 0 aliphatic carbocycles. The van der Waals surface area contributed by atoms with Gasteiger partial charge in [-0.2, -0.15) is 12.6 Å². The minimum absolute atomic E-state index is 0.108. The van der Waals surface area contributed by atoms with Crippen molar-refractivity contribution in [1.29, 1.82) is 0 Å². The molecule has 0 N–H and O–H groups in total. The maximum absolute atomic E-state index is 6.56. The van der Waals surface area contributed by atoms with Crippen molar-refractivity contribution in [3.05, 3.63) is 17.2 Å². The van der Waals surface area contributed by atoms with Gasteiger partial charge in [0.1, 0.15) is 17.2 Å². The Bertz CT molecular complexity index is 692. The summed E-state index contributed by atoms with van der Waals surface area (Å²) in [5.41, 5.74) is 2.10. The van der Waals surface area contributed by atoms with Crippen LogP contribution in [0.3, 0.4) is 0 Å². The first-order valence-corrected chi connectivity index (χ1v) is 14.7. The highest BCUT2D eigenvalue weighted by molar-refractivity contribution is 7.80. The second-order valence-electron chi connectivity index (χ2n) is 11.1. The van der Waals surface area contributed by atoms with Crippen LogP contribution < -0.4 is 13.9 Å². The van der Waals surface area contributed by atoms with Crippen LogP contribution in [0.1, 0.15) is 118 Å². The van der Waals surface area contributed by atoms with Gasteiger partial charge in [0.25, 0.3) is 0 Å². The zero-order valence-electron chi connectivity index (χ0n) is 22.9. The summed E-state index contributed by atoms with van der Waals surface area (Å²) in [4.78, 5) is 0. The summed E-state index contributed by atoms with van der Waals surface area (Å²) < 4.78 is 19.4. The van der Waals surface area contributed by atoms with E-state index in [0.29, 0.717) is 28.2 Å². The Labute approximate surface area is 213 Å². The minimum Gasteiger partial charge on any atom is -0.540 e. The first-order valence-electron chi connectivity index (χ1n) is 13.0. The highest BCUT2D eigenvalue weighted by Gasteiger charge is 2.34. The molecule has 1 unspecified atom stereocenters. The Hall–Kier alpha value is -0.813. The largest absolute Gasteiger partial charge is 0.540 e. The zero-order valence-corrected chi connectivity index (χ0v) is 24.8. The van der Waals surface area contributed by atoms with Crippen LogP contribution in [0.25, 0.3) is 0 Å². The van der Waals surface area contributed by atoms with E-state index in [1.165, 1.54) is 6.42 Å². The first-order chi connectivity index (χ1) is 15.5. The number of hydrogen-bond acceptors (Lipinski definition) is 4. The number of thiol groups is 1. The molecule has 0 amide bonds. The standard InChI is InChI=1S/C28H50O3SSi/c1-10-13-17-29-22-20-23(31-33-19-16-21(32)15-12-3)25(28(7,8)9)26(30-18-14-11-2)24(22)27(4,5)6/h20-21,32H,10-19H2,1-9H3. The fourth-order valence-corrected chi connectivity index (χ4v) is 5.36. The zero-order chi connectivity index (χ0) is 25.1. The molecule has 1 aromatic rings. The first kappa shape index (κ1) is 30.2. The lowest BCUT2D eigenvalue weighted by Gasteiger charge is -2.33. The number of ether oxygens (including phenoxy) is 2. The van der Waals surface area contributed by atoms with Crippen molar-refractivity contribution in [2.24, 2.45) is 0 Å². The summed E-state index contributed by atoms with van der Waals surface area (Å²) in [5.74, 6) is 2.79. The molecule has 0 spiro atoms. The maximum Gasteiger partial charge on any atom is 0.310 e. The van der Waals surface area contributed by atoms with Gasteiger partial charge in [-0.05, 0) is 42.6 Å². The molecule has 1 atom stereocenters. The van der Waals surface area contributed by atoms with Crippen LogP contribution in [0, 0.1) is 0 Å². The Morgan fingerprint density at radius 1 is 0.788 bits per heavy atom. The van der Waals surface area contributed by atoms with Crippen LogP contribution >= 0.6 is 12.6 Å². The molecule has 0 fully saturated rings. The predicted octanol–water partition coefficient (Wildman–Crippen LogP) is 8.54. The second-order valence-corrected chi connectivity index (χ2v) is 12.8. The summed E-state index contributed by atoms with van der Waals surface area (Å²) in [6.45, 7) is 21.5. The average molecular weight is 495 g/mol. The fourth-order valence-electron chi connectivity index (χ4n) is 3.85.